The van der Waals surface area contributed by atoms with Gasteiger partial charge in [-0.15, -0.1) is 0 Å². The van der Waals surface area contributed by atoms with E-state index >= 15 is 0 Å². The summed E-state index contributed by atoms with van der Waals surface area (Å²) in [6.45, 7) is 0. The molecule has 2 unspecified atom stereocenters. The van der Waals surface area contributed by atoms with E-state index in [-0.39, 0.29) is 10.5 Å². The van der Waals surface area contributed by atoms with Gasteiger partial charge in [-0.3, -0.25) is 0 Å². The summed E-state index contributed by atoms with van der Waals surface area (Å²) in [5.74, 6) is 0. The second kappa shape index (κ2) is 4.57. The van der Waals surface area contributed by atoms with Gasteiger partial charge in [0.2, 0.25) is 0 Å². The number of benzene rings is 1. The van der Waals surface area contributed by atoms with Crippen molar-refractivity contribution in [3.63, 3.8) is 0 Å². The van der Waals surface area contributed by atoms with E-state index in [1.165, 1.54) is 0 Å². The van der Waals surface area contributed by atoms with Gasteiger partial charge in [-0.05, 0) is 43.4 Å². The summed E-state index contributed by atoms with van der Waals surface area (Å²) >= 11 is 0. The number of sulfone groups is 1. The van der Waals surface area contributed by atoms with E-state index in [2.05, 4.69) is 6.07 Å². The molecule has 2 aliphatic heterocycles. The first-order valence-corrected chi connectivity index (χ1v) is 8.48. The molecule has 2 heterocycles. The predicted molar refractivity (Wildman–Crippen MR) is 74.8 cm³/mol. The monoisotopic (exact) mass is 291 g/mol. The smallest absolute Gasteiger partial charge is 0.156 e. The van der Waals surface area contributed by atoms with E-state index in [4.69, 9.17) is 5.26 Å². The van der Waals surface area contributed by atoms with E-state index < -0.39 is 15.4 Å². The summed E-state index contributed by atoms with van der Waals surface area (Å²) in [6.07, 6.45) is 2.50. The van der Waals surface area contributed by atoms with Crippen LogP contribution >= 0.6 is 0 Å². The summed E-state index contributed by atoms with van der Waals surface area (Å²) < 4.78 is 24.1. The van der Waals surface area contributed by atoms with Crippen molar-refractivity contribution >= 4 is 9.84 Å². The Kier molecular flexibility index (Phi) is 3.11. The van der Waals surface area contributed by atoms with Crippen LogP contribution in [0.1, 0.15) is 36.8 Å². The molecule has 2 aliphatic rings. The molecule has 0 saturated carbocycles. The van der Waals surface area contributed by atoms with Crippen LogP contribution in [0, 0.1) is 11.3 Å². The standard InChI is InChI=1S/C15H17NO3S/c16-10-12-3-1-11(2-4-12)7-15(17)8-13-5-6-14(9-15)20(13,18)19/h1-4,13-14,17H,5-9H2. The second-order valence-corrected chi connectivity index (χ2v) is 8.54. The van der Waals surface area contributed by atoms with Crippen molar-refractivity contribution < 1.29 is 13.5 Å². The minimum Gasteiger partial charge on any atom is -0.389 e. The number of nitriles is 1. The van der Waals surface area contributed by atoms with E-state index in [1.54, 1.807) is 12.1 Å². The van der Waals surface area contributed by atoms with Crippen LogP contribution < -0.4 is 0 Å². The van der Waals surface area contributed by atoms with Crippen LogP contribution in [0.2, 0.25) is 0 Å². The van der Waals surface area contributed by atoms with Gasteiger partial charge < -0.3 is 5.11 Å². The summed E-state index contributed by atoms with van der Waals surface area (Å²) in [5, 5.41) is 18.8. The normalized spacial score (nSPS) is 34.6. The number of fused-ring (bicyclic) bond motifs is 2. The summed E-state index contributed by atoms with van der Waals surface area (Å²) in [6, 6.07) is 9.19. The first-order chi connectivity index (χ1) is 9.43. The van der Waals surface area contributed by atoms with Gasteiger partial charge in [0.1, 0.15) is 0 Å². The Hall–Kier alpha value is -1.38. The van der Waals surface area contributed by atoms with E-state index in [0.29, 0.717) is 37.7 Å². The molecule has 3 rings (SSSR count). The number of hydrogen-bond acceptors (Lipinski definition) is 4. The molecular formula is C15H17NO3S. The minimum atomic E-state index is -3.01. The van der Waals surface area contributed by atoms with Gasteiger partial charge in [0.15, 0.2) is 9.84 Å². The van der Waals surface area contributed by atoms with E-state index in [1.807, 2.05) is 12.1 Å². The zero-order valence-electron chi connectivity index (χ0n) is 11.1. The van der Waals surface area contributed by atoms with Crippen molar-refractivity contribution in [2.45, 2.75) is 48.2 Å². The van der Waals surface area contributed by atoms with Gasteiger partial charge in [-0.1, -0.05) is 12.1 Å². The molecule has 2 atom stereocenters. The van der Waals surface area contributed by atoms with Crippen molar-refractivity contribution in [2.24, 2.45) is 0 Å². The molecule has 2 saturated heterocycles. The Balaban J connectivity index is 1.79. The third-order valence-electron chi connectivity index (χ3n) is 4.57. The van der Waals surface area contributed by atoms with Crippen LogP contribution in [-0.2, 0) is 16.3 Å². The van der Waals surface area contributed by atoms with E-state index in [0.717, 1.165) is 5.56 Å². The van der Waals surface area contributed by atoms with Crippen molar-refractivity contribution in [2.75, 3.05) is 0 Å². The molecule has 2 fully saturated rings. The highest BCUT2D eigenvalue weighted by atomic mass is 32.2. The van der Waals surface area contributed by atoms with Crippen LogP contribution in [0.3, 0.4) is 0 Å². The average Bonchev–Trinajstić information content (AvgIpc) is 2.59. The van der Waals surface area contributed by atoms with Gasteiger partial charge in [0.05, 0.1) is 27.7 Å². The quantitative estimate of drug-likeness (QED) is 0.897. The summed E-state index contributed by atoms with van der Waals surface area (Å²) in [7, 11) is -3.01. The Morgan fingerprint density at radius 1 is 1.20 bits per heavy atom. The first kappa shape index (κ1) is 13.6. The van der Waals surface area contributed by atoms with Gasteiger partial charge in [-0.25, -0.2) is 8.42 Å². The molecule has 0 aliphatic carbocycles. The fraction of sp³-hybridized carbons (Fsp3) is 0.533. The minimum absolute atomic E-state index is 0.339. The Morgan fingerprint density at radius 3 is 2.25 bits per heavy atom. The Labute approximate surface area is 119 Å². The van der Waals surface area contributed by atoms with Crippen molar-refractivity contribution in [3.05, 3.63) is 35.4 Å². The van der Waals surface area contributed by atoms with Crippen molar-refractivity contribution in [1.29, 1.82) is 5.26 Å². The fourth-order valence-corrected chi connectivity index (χ4v) is 6.12. The lowest BCUT2D eigenvalue weighted by atomic mass is 9.86. The van der Waals surface area contributed by atoms with Crippen molar-refractivity contribution in [3.8, 4) is 6.07 Å². The highest BCUT2D eigenvalue weighted by Crippen LogP contribution is 2.44. The van der Waals surface area contributed by atoms with Gasteiger partial charge >= 0.3 is 0 Å². The maximum Gasteiger partial charge on any atom is 0.156 e. The number of aliphatic hydroxyl groups is 1. The van der Waals surface area contributed by atoms with Crippen LogP contribution in [0.15, 0.2) is 24.3 Å². The van der Waals surface area contributed by atoms with Crippen LogP contribution in [-0.4, -0.2) is 29.6 Å². The Bertz CT molecular complexity index is 637. The zero-order chi connectivity index (χ0) is 14.4. The molecule has 1 aromatic carbocycles. The third kappa shape index (κ3) is 2.23. The van der Waals surface area contributed by atoms with E-state index in [9.17, 15) is 13.5 Å². The SMILES string of the molecule is N#Cc1ccc(CC2(O)CC3CCC(C2)S3(=O)=O)cc1. The Morgan fingerprint density at radius 2 is 1.75 bits per heavy atom. The van der Waals surface area contributed by atoms with Crippen LogP contribution in [0.5, 0.6) is 0 Å². The number of nitrogens with zero attached hydrogens (tertiary/aromatic N) is 1. The maximum absolute atomic E-state index is 12.1. The molecule has 5 heteroatoms. The molecule has 0 radical (unpaired) electrons. The van der Waals surface area contributed by atoms with Gasteiger partial charge in [0.25, 0.3) is 0 Å². The molecule has 0 amide bonds. The molecule has 0 aromatic heterocycles. The number of rotatable bonds is 2. The molecule has 1 N–H and O–H groups in total. The molecule has 2 bridgehead atoms. The van der Waals surface area contributed by atoms with Gasteiger partial charge in [0, 0.05) is 6.42 Å². The highest BCUT2D eigenvalue weighted by Gasteiger charge is 2.52. The summed E-state index contributed by atoms with van der Waals surface area (Å²) in [5.41, 5.74) is 0.614. The lowest BCUT2D eigenvalue weighted by molar-refractivity contribution is 0.0219. The average molecular weight is 291 g/mol. The lowest BCUT2D eigenvalue weighted by Crippen LogP contribution is -2.46. The second-order valence-electron chi connectivity index (χ2n) is 6.03. The third-order valence-corrected chi connectivity index (χ3v) is 7.23. The van der Waals surface area contributed by atoms with Crippen LogP contribution in [0.25, 0.3) is 0 Å². The molecule has 0 spiro atoms. The predicted octanol–water partition coefficient (Wildman–Crippen LogP) is 1.57. The molecule has 1 aromatic rings. The topological polar surface area (TPSA) is 78.2 Å². The summed E-state index contributed by atoms with van der Waals surface area (Å²) in [4.78, 5) is 0. The zero-order valence-corrected chi connectivity index (χ0v) is 11.9. The molecule has 20 heavy (non-hydrogen) atoms. The first-order valence-electron chi connectivity index (χ1n) is 6.87. The largest absolute Gasteiger partial charge is 0.389 e. The maximum atomic E-state index is 12.1. The van der Waals surface area contributed by atoms with Gasteiger partial charge in [-0.2, -0.15) is 5.26 Å². The molecule has 106 valence electrons. The van der Waals surface area contributed by atoms with Crippen LogP contribution in [0.4, 0.5) is 0 Å². The highest BCUT2D eigenvalue weighted by molar-refractivity contribution is 7.93. The van der Waals surface area contributed by atoms with Crippen molar-refractivity contribution in [1.82, 2.24) is 0 Å². The fourth-order valence-electron chi connectivity index (χ4n) is 3.56. The molecule has 4 nitrogen and oxygen atoms in total. The molecular weight excluding hydrogens is 274 g/mol. The number of hydrogen-bond donors (Lipinski definition) is 1. The lowest BCUT2D eigenvalue weighted by Gasteiger charge is -2.36.